The van der Waals surface area contributed by atoms with Crippen LogP contribution in [0.4, 0.5) is 0 Å². The van der Waals surface area contributed by atoms with Crippen molar-refractivity contribution in [1.82, 2.24) is 4.31 Å². The van der Waals surface area contributed by atoms with Crippen molar-refractivity contribution in [2.45, 2.75) is 30.0 Å². The number of benzene rings is 2. The van der Waals surface area contributed by atoms with Crippen LogP contribution in [0.15, 0.2) is 59.5 Å². The highest BCUT2D eigenvalue weighted by atomic mass is 32.2. The molecule has 1 atom stereocenters. The third kappa shape index (κ3) is 4.19. The number of rotatable bonds is 7. The van der Waals surface area contributed by atoms with Crippen LogP contribution in [-0.2, 0) is 10.0 Å². The van der Waals surface area contributed by atoms with Crippen molar-refractivity contribution < 1.29 is 13.2 Å². The lowest BCUT2D eigenvalue weighted by molar-refractivity contribution is 0.309. The highest BCUT2D eigenvalue weighted by Gasteiger charge is 2.36. The smallest absolute Gasteiger partial charge is 0.244 e. The summed E-state index contributed by atoms with van der Waals surface area (Å²) in [5, 5.41) is -0.160. The first kappa shape index (κ1) is 18.3. The second-order valence-corrected chi connectivity index (χ2v) is 9.00. The van der Waals surface area contributed by atoms with Crippen LogP contribution < -0.4 is 4.74 Å². The minimum Gasteiger partial charge on any atom is -0.494 e. The fourth-order valence-corrected chi connectivity index (χ4v) is 6.00. The molecule has 0 radical (unpaired) electrons. The Bertz CT molecular complexity index is 776. The van der Waals surface area contributed by atoms with E-state index in [1.165, 1.54) is 0 Å². The molecule has 0 unspecified atom stereocenters. The summed E-state index contributed by atoms with van der Waals surface area (Å²) in [6, 6.07) is 16.6. The summed E-state index contributed by atoms with van der Waals surface area (Å²) >= 11 is 1.66. The lowest BCUT2D eigenvalue weighted by Crippen LogP contribution is -2.30. The van der Waals surface area contributed by atoms with Crippen molar-refractivity contribution >= 4 is 21.8 Å². The maximum absolute atomic E-state index is 13.1. The fourth-order valence-electron chi connectivity index (χ4n) is 2.76. The summed E-state index contributed by atoms with van der Waals surface area (Å²) < 4.78 is 33.3. The number of hydrogen-bond acceptors (Lipinski definition) is 4. The van der Waals surface area contributed by atoms with Crippen molar-refractivity contribution in [2.24, 2.45) is 0 Å². The molecular formula is C19H23NO3S2. The minimum absolute atomic E-state index is 0.160. The van der Waals surface area contributed by atoms with E-state index in [4.69, 9.17) is 4.74 Å². The van der Waals surface area contributed by atoms with Gasteiger partial charge in [-0.1, -0.05) is 43.7 Å². The van der Waals surface area contributed by atoms with Crippen LogP contribution in [0, 0.1) is 0 Å². The van der Waals surface area contributed by atoms with Gasteiger partial charge in [-0.3, -0.25) is 0 Å². The van der Waals surface area contributed by atoms with Gasteiger partial charge in [0.25, 0.3) is 0 Å². The number of nitrogens with zero attached hydrogens (tertiary/aromatic N) is 1. The van der Waals surface area contributed by atoms with E-state index < -0.39 is 10.0 Å². The van der Waals surface area contributed by atoms with Gasteiger partial charge in [0, 0.05) is 12.3 Å². The molecule has 6 heteroatoms. The molecule has 1 aliphatic heterocycles. The van der Waals surface area contributed by atoms with Crippen molar-refractivity contribution in [1.29, 1.82) is 0 Å². The molecule has 134 valence electrons. The standard InChI is InChI=1S/C19H23NO3S2/c1-2-3-14-23-17-9-11-18(12-10-17)25(21,22)20-13-15-24-19(20)16-7-5-4-6-8-16/h4-12,19H,2-3,13-15H2,1H3/t19-/m0/s1. The van der Waals surface area contributed by atoms with Gasteiger partial charge in [0.2, 0.25) is 10.0 Å². The molecule has 2 aromatic rings. The lowest BCUT2D eigenvalue weighted by atomic mass is 10.2. The Labute approximate surface area is 154 Å². The summed E-state index contributed by atoms with van der Waals surface area (Å²) in [6.07, 6.45) is 2.06. The molecule has 2 aromatic carbocycles. The summed E-state index contributed by atoms with van der Waals surface area (Å²) in [7, 11) is -3.52. The highest BCUT2D eigenvalue weighted by molar-refractivity contribution is 8.01. The van der Waals surface area contributed by atoms with Crippen LogP contribution in [0.25, 0.3) is 0 Å². The highest BCUT2D eigenvalue weighted by Crippen LogP contribution is 2.41. The van der Waals surface area contributed by atoms with Gasteiger partial charge in [0.1, 0.15) is 5.75 Å². The van der Waals surface area contributed by atoms with E-state index in [2.05, 4.69) is 6.92 Å². The van der Waals surface area contributed by atoms with Gasteiger partial charge in [-0.15, -0.1) is 11.8 Å². The number of ether oxygens (including phenoxy) is 1. The Morgan fingerprint density at radius 1 is 1.12 bits per heavy atom. The minimum atomic E-state index is -3.52. The molecule has 0 bridgehead atoms. The maximum Gasteiger partial charge on any atom is 0.244 e. The molecule has 1 heterocycles. The van der Waals surface area contributed by atoms with Gasteiger partial charge in [-0.05, 0) is 36.2 Å². The number of hydrogen-bond donors (Lipinski definition) is 0. The van der Waals surface area contributed by atoms with Gasteiger partial charge in [-0.25, -0.2) is 8.42 Å². The molecule has 0 saturated carbocycles. The monoisotopic (exact) mass is 377 g/mol. The normalized spacial score (nSPS) is 18.4. The van der Waals surface area contributed by atoms with Crippen molar-refractivity contribution in [3.05, 3.63) is 60.2 Å². The number of thioether (sulfide) groups is 1. The molecule has 1 fully saturated rings. The summed E-state index contributed by atoms with van der Waals surface area (Å²) in [6.45, 7) is 3.29. The molecule has 0 amide bonds. The zero-order chi connectivity index (χ0) is 17.7. The van der Waals surface area contributed by atoms with E-state index >= 15 is 0 Å². The van der Waals surface area contributed by atoms with Crippen molar-refractivity contribution in [3.63, 3.8) is 0 Å². The van der Waals surface area contributed by atoms with E-state index in [-0.39, 0.29) is 5.37 Å². The third-order valence-electron chi connectivity index (χ3n) is 4.13. The van der Waals surface area contributed by atoms with Crippen LogP contribution in [0.3, 0.4) is 0 Å². The predicted molar refractivity (Wildman–Crippen MR) is 102 cm³/mol. The zero-order valence-corrected chi connectivity index (χ0v) is 15.9. The average molecular weight is 378 g/mol. The van der Waals surface area contributed by atoms with Crippen molar-refractivity contribution in [2.75, 3.05) is 18.9 Å². The topological polar surface area (TPSA) is 46.6 Å². The Morgan fingerprint density at radius 3 is 2.52 bits per heavy atom. The fraction of sp³-hybridized carbons (Fsp3) is 0.368. The first-order chi connectivity index (χ1) is 12.1. The molecule has 1 saturated heterocycles. The molecule has 0 spiro atoms. The average Bonchev–Trinajstić information content (AvgIpc) is 3.14. The molecule has 0 aliphatic carbocycles. The molecule has 0 aromatic heterocycles. The summed E-state index contributed by atoms with van der Waals surface area (Å²) in [4.78, 5) is 0.318. The number of sulfonamides is 1. The molecule has 1 aliphatic rings. The van der Waals surface area contributed by atoms with Gasteiger partial charge >= 0.3 is 0 Å². The first-order valence-corrected chi connectivity index (χ1v) is 11.0. The van der Waals surface area contributed by atoms with Crippen LogP contribution >= 0.6 is 11.8 Å². The molecule has 4 nitrogen and oxygen atoms in total. The lowest BCUT2D eigenvalue weighted by Gasteiger charge is -2.23. The Morgan fingerprint density at radius 2 is 1.84 bits per heavy atom. The van der Waals surface area contributed by atoms with Gasteiger partial charge in [-0.2, -0.15) is 4.31 Å². The van der Waals surface area contributed by atoms with Crippen molar-refractivity contribution in [3.8, 4) is 5.75 Å². The zero-order valence-electron chi connectivity index (χ0n) is 14.3. The molecular weight excluding hydrogens is 354 g/mol. The Kier molecular flexibility index (Phi) is 6.04. The van der Waals surface area contributed by atoms with E-state index in [0.29, 0.717) is 23.8 Å². The third-order valence-corrected chi connectivity index (χ3v) is 7.40. The van der Waals surface area contributed by atoms with E-state index in [0.717, 1.165) is 24.2 Å². The quantitative estimate of drug-likeness (QED) is 0.675. The van der Waals surface area contributed by atoms with Gasteiger partial charge in [0.15, 0.2) is 0 Å². The van der Waals surface area contributed by atoms with Crippen LogP contribution in [0.1, 0.15) is 30.7 Å². The van der Waals surface area contributed by atoms with Gasteiger partial charge < -0.3 is 4.74 Å². The second kappa shape index (κ2) is 8.25. The van der Waals surface area contributed by atoms with E-state index in [9.17, 15) is 8.42 Å². The van der Waals surface area contributed by atoms with Crippen LogP contribution in [0.5, 0.6) is 5.75 Å². The van der Waals surface area contributed by atoms with E-state index in [1.54, 1.807) is 40.3 Å². The Hall–Kier alpha value is -1.50. The second-order valence-electron chi connectivity index (χ2n) is 5.92. The van der Waals surface area contributed by atoms with Crippen LogP contribution in [0.2, 0.25) is 0 Å². The molecule has 3 rings (SSSR count). The SMILES string of the molecule is CCCCOc1ccc(S(=O)(=O)N2CCS[C@H]2c2ccccc2)cc1. The Balaban J connectivity index is 1.78. The van der Waals surface area contributed by atoms with Gasteiger partial charge in [0.05, 0.1) is 16.9 Å². The largest absolute Gasteiger partial charge is 0.494 e. The summed E-state index contributed by atoms with van der Waals surface area (Å²) in [5.41, 5.74) is 1.02. The van der Waals surface area contributed by atoms with E-state index in [1.807, 2.05) is 30.3 Å². The maximum atomic E-state index is 13.1. The van der Waals surface area contributed by atoms with Crippen LogP contribution in [-0.4, -0.2) is 31.6 Å². The summed E-state index contributed by atoms with van der Waals surface area (Å²) in [5.74, 6) is 1.51. The number of unbranched alkanes of at least 4 members (excludes halogenated alkanes) is 1. The molecule has 25 heavy (non-hydrogen) atoms. The molecule has 0 N–H and O–H groups in total. The first-order valence-electron chi connectivity index (χ1n) is 8.54. The predicted octanol–water partition coefficient (Wildman–Crippen LogP) is 4.30.